The third-order valence-electron chi connectivity index (χ3n) is 5.04. The Hall–Kier alpha value is -1.43. The molecule has 0 unspecified atom stereocenters. The third kappa shape index (κ3) is 2.76. The molecule has 2 saturated carbocycles. The molecule has 0 bridgehead atoms. The van der Waals surface area contributed by atoms with Gasteiger partial charge in [-0.15, -0.1) is 11.3 Å². The lowest BCUT2D eigenvalue weighted by atomic mass is 10.1. The van der Waals surface area contributed by atoms with Crippen molar-refractivity contribution < 1.29 is 9.59 Å². The number of thiazole rings is 1. The Bertz CT molecular complexity index is 590. The summed E-state index contributed by atoms with van der Waals surface area (Å²) in [5.74, 6) is 0.476. The van der Waals surface area contributed by atoms with E-state index >= 15 is 0 Å². The molecular formula is C16H21N3O2S. The van der Waals surface area contributed by atoms with Crippen LogP contribution in [0.5, 0.6) is 0 Å². The number of nitrogens with zero attached hydrogens (tertiary/aromatic N) is 2. The van der Waals surface area contributed by atoms with Crippen LogP contribution in [0.3, 0.4) is 0 Å². The summed E-state index contributed by atoms with van der Waals surface area (Å²) >= 11 is 1.49. The summed E-state index contributed by atoms with van der Waals surface area (Å²) in [6.07, 6.45) is 7.37. The molecule has 1 aliphatic heterocycles. The minimum Gasteiger partial charge on any atom is -0.339 e. The van der Waals surface area contributed by atoms with Gasteiger partial charge in [-0.2, -0.15) is 0 Å². The Kier molecular flexibility index (Phi) is 3.64. The van der Waals surface area contributed by atoms with E-state index in [-0.39, 0.29) is 17.7 Å². The molecule has 0 aromatic carbocycles. The SMILES string of the molecule is O=C(Nc1nc(C2CC2)cs1)[C@@H]1CC(=O)N(C2CCCC2)C1. The second-order valence-corrected chi connectivity index (χ2v) is 7.58. The van der Waals surface area contributed by atoms with Gasteiger partial charge in [-0.25, -0.2) is 4.98 Å². The van der Waals surface area contributed by atoms with Crippen LogP contribution in [-0.4, -0.2) is 34.3 Å². The molecule has 118 valence electrons. The van der Waals surface area contributed by atoms with Crippen LogP contribution in [0.2, 0.25) is 0 Å². The van der Waals surface area contributed by atoms with Crippen molar-refractivity contribution in [2.45, 2.75) is 56.9 Å². The topological polar surface area (TPSA) is 62.3 Å². The maximum atomic E-state index is 12.4. The molecule has 3 fully saturated rings. The Labute approximate surface area is 134 Å². The van der Waals surface area contributed by atoms with E-state index in [2.05, 4.69) is 10.3 Å². The molecule has 1 atom stereocenters. The molecule has 2 amide bonds. The Morgan fingerprint density at radius 1 is 1.27 bits per heavy atom. The van der Waals surface area contributed by atoms with Gasteiger partial charge >= 0.3 is 0 Å². The molecule has 22 heavy (non-hydrogen) atoms. The van der Waals surface area contributed by atoms with E-state index in [0.29, 0.717) is 30.1 Å². The van der Waals surface area contributed by atoms with Crippen LogP contribution >= 0.6 is 11.3 Å². The van der Waals surface area contributed by atoms with Crippen molar-refractivity contribution in [1.82, 2.24) is 9.88 Å². The molecule has 1 aromatic heterocycles. The lowest BCUT2D eigenvalue weighted by Gasteiger charge is -2.23. The highest BCUT2D eigenvalue weighted by atomic mass is 32.1. The number of carbonyl (C=O) groups is 2. The minimum atomic E-state index is -0.221. The summed E-state index contributed by atoms with van der Waals surface area (Å²) < 4.78 is 0. The smallest absolute Gasteiger partial charge is 0.231 e. The highest BCUT2D eigenvalue weighted by Crippen LogP contribution is 2.41. The number of hydrogen-bond acceptors (Lipinski definition) is 4. The van der Waals surface area contributed by atoms with E-state index < -0.39 is 0 Å². The summed E-state index contributed by atoms with van der Waals surface area (Å²) in [6, 6.07) is 0.367. The molecule has 5 nitrogen and oxygen atoms in total. The Morgan fingerprint density at radius 2 is 2.05 bits per heavy atom. The largest absolute Gasteiger partial charge is 0.339 e. The van der Waals surface area contributed by atoms with Crippen molar-refractivity contribution >= 4 is 28.3 Å². The van der Waals surface area contributed by atoms with Crippen molar-refractivity contribution in [1.29, 1.82) is 0 Å². The molecule has 3 aliphatic rings. The number of anilines is 1. The molecular weight excluding hydrogens is 298 g/mol. The zero-order chi connectivity index (χ0) is 15.1. The normalized spacial score (nSPS) is 25.9. The number of hydrogen-bond donors (Lipinski definition) is 1. The molecule has 0 radical (unpaired) electrons. The Balaban J connectivity index is 1.36. The molecule has 6 heteroatoms. The monoisotopic (exact) mass is 319 g/mol. The zero-order valence-corrected chi connectivity index (χ0v) is 13.4. The number of amides is 2. The first-order valence-electron chi connectivity index (χ1n) is 8.26. The zero-order valence-electron chi connectivity index (χ0n) is 12.6. The molecule has 4 rings (SSSR count). The number of nitrogens with one attached hydrogen (secondary N) is 1. The van der Waals surface area contributed by atoms with Gasteiger partial charge < -0.3 is 10.2 Å². The van der Waals surface area contributed by atoms with Crippen molar-refractivity contribution in [3.63, 3.8) is 0 Å². The fourth-order valence-corrected chi connectivity index (χ4v) is 4.39. The lowest BCUT2D eigenvalue weighted by molar-refractivity contribution is -0.129. The van der Waals surface area contributed by atoms with Gasteiger partial charge in [-0.3, -0.25) is 9.59 Å². The number of aromatic nitrogens is 1. The van der Waals surface area contributed by atoms with Crippen LogP contribution in [0.4, 0.5) is 5.13 Å². The maximum absolute atomic E-state index is 12.4. The van der Waals surface area contributed by atoms with E-state index in [4.69, 9.17) is 0 Å². The third-order valence-corrected chi connectivity index (χ3v) is 5.82. The Morgan fingerprint density at radius 3 is 2.77 bits per heavy atom. The predicted octanol–water partition coefficient (Wildman–Crippen LogP) is 2.75. The van der Waals surface area contributed by atoms with E-state index in [1.165, 1.54) is 37.0 Å². The van der Waals surface area contributed by atoms with Gasteiger partial charge in [-0.1, -0.05) is 12.8 Å². The number of rotatable bonds is 4. The molecule has 0 spiro atoms. The van der Waals surface area contributed by atoms with Gasteiger partial charge in [0.25, 0.3) is 0 Å². The molecule has 1 N–H and O–H groups in total. The predicted molar refractivity (Wildman–Crippen MR) is 84.8 cm³/mol. The van der Waals surface area contributed by atoms with Crippen molar-refractivity contribution in [3.05, 3.63) is 11.1 Å². The highest BCUT2D eigenvalue weighted by Gasteiger charge is 2.38. The summed E-state index contributed by atoms with van der Waals surface area (Å²) in [7, 11) is 0. The maximum Gasteiger partial charge on any atom is 0.231 e. The summed E-state index contributed by atoms with van der Waals surface area (Å²) in [4.78, 5) is 31.0. The first-order chi connectivity index (χ1) is 10.7. The van der Waals surface area contributed by atoms with Gasteiger partial charge in [0.1, 0.15) is 0 Å². The molecule has 2 heterocycles. The second kappa shape index (κ2) is 5.65. The van der Waals surface area contributed by atoms with Crippen molar-refractivity contribution in [2.75, 3.05) is 11.9 Å². The summed E-state index contributed by atoms with van der Waals surface area (Å²) in [5.41, 5.74) is 1.11. The standard InChI is InChI=1S/C16H21N3O2S/c20-14-7-11(8-19(14)12-3-1-2-4-12)15(21)18-16-17-13(9-22-16)10-5-6-10/h9-12H,1-8H2,(H,17,18,21)/t11-/m1/s1. The number of likely N-dealkylation sites (tertiary alicyclic amines) is 1. The highest BCUT2D eigenvalue weighted by molar-refractivity contribution is 7.13. The van der Waals surface area contributed by atoms with E-state index in [1.54, 1.807) is 0 Å². The van der Waals surface area contributed by atoms with Gasteiger partial charge in [0.15, 0.2) is 5.13 Å². The minimum absolute atomic E-state index is 0.0504. The van der Waals surface area contributed by atoms with E-state index in [1.807, 2.05) is 10.3 Å². The first-order valence-corrected chi connectivity index (χ1v) is 9.14. The van der Waals surface area contributed by atoms with E-state index in [9.17, 15) is 9.59 Å². The molecule has 1 saturated heterocycles. The molecule has 2 aliphatic carbocycles. The van der Waals surface area contributed by atoms with Crippen LogP contribution in [0, 0.1) is 5.92 Å². The summed E-state index contributed by atoms with van der Waals surface area (Å²) in [5, 5.41) is 5.63. The van der Waals surface area contributed by atoms with Crippen LogP contribution in [0.1, 0.15) is 56.6 Å². The molecule has 1 aromatic rings. The van der Waals surface area contributed by atoms with Gasteiger partial charge in [-0.05, 0) is 25.7 Å². The van der Waals surface area contributed by atoms with Crippen LogP contribution in [-0.2, 0) is 9.59 Å². The van der Waals surface area contributed by atoms with E-state index in [0.717, 1.165) is 18.5 Å². The second-order valence-electron chi connectivity index (χ2n) is 6.73. The average molecular weight is 319 g/mol. The quantitative estimate of drug-likeness (QED) is 0.928. The average Bonchev–Trinajstić information content (AvgIpc) is 2.93. The first kappa shape index (κ1) is 14.2. The van der Waals surface area contributed by atoms with Crippen molar-refractivity contribution in [2.24, 2.45) is 5.92 Å². The fourth-order valence-electron chi connectivity index (χ4n) is 3.59. The summed E-state index contributed by atoms with van der Waals surface area (Å²) in [6.45, 7) is 0.580. The van der Waals surface area contributed by atoms with Gasteiger partial charge in [0.05, 0.1) is 11.6 Å². The van der Waals surface area contributed by atoms with Gasteiger partial charge in [0.2, 0.25) is 11.8 Å². The van der Waals surface area contributed by atoms with Crippen LogP contribution in [0.15, 0.2) is 5.38 Å². The lowest BCUT2D eigenvalue weighted by Crippen LogP contribution is -2.35. The van der Waals surface area contributed by atoms with Crippen molar-refractivity contribution in [3.8, 4) is 0 Å². The van der Waals surface area contributed by atoms with Crippen LogP contribution in [0.25, 0.3) is 0 Å². The number of carbonyl (C=O) groups excluding carboxylic acids is 2. The van der Waals surface area contributed by atoms with Crippen LogP contribution < -0.4 is 5.32 Å². The van der Waals surface area contributed by atoms with Gasteiger partial charge in [0, 0.05) is 30.3 Å². The fraction of sp³-hybridized carbons (Fsp3) is 0.688.